The zero-order chi connectivity index (χ0) is 15.5. The summed E-state index contributed by atoms with van der Waals surface area (Å²) in [5, 5.41) is 12.6. The maximum Gasteiger partial charge on any atom is 0.422 e. The molecule has 0 unspecified atom stereocenters. The molecule has 7 heteroatoms. The Labute approximate surface area is 119 Å². The fourth-order valence-corrected chi connectivity index (χ4v) is 2.23. The topological polar surface area (TPSA) is 58.6 Å². The Balaban J connectivity index is 1.92. The zero-order valence-electron chi connectivity index (χ0n) is 11.2. The van der Waals surface area contributed by atoms with Gasteiger partial charge in [-0.3, -0.25) is 4.79 Å². The predicted molar refractivity (Wildman–Crippen MR) is 70.0 cm³/mol. The Hall–Kier alpha value is -1.76. The molecule has 0 heterocycles. The van der Waals surface area contributed by atoms with Gasteiger partial charge < -0.3 is 15.2 Å². The van der Waals surface area contributed by atoms with Crippen molar-refractivity contribution in [2.45, 2.75) is 37.5 Å². The van der Waals surface area contributed by atoms with E-state index >= 15 is 0 Å². The highest BCUT2D eigenvalue weighted by Crippen LogP contribution is 2.30. The summed E-state index contributed by atoms with van der Waals surface area (Å²) in [6.07, 6.45) is -1.95. The summed E-state index contributed by atoms with van der Waals surface area (Å²) in [4.78, 5) is 11.9. The van der Waals surface area contributed by atoms with Gasteiger partial charge in [-0.2, -0.15) is 13.2 Å². The highest BCUT2D eigenvalue weighted by atomic mass is 19.4. The number of halogens is 3. The molecule has 1 aliphatic rings. The number of carbonyl (C=O) groups is 1. The first-order valence-electron chi connectivity index (χ1n) is 6.62. The zero-order valence-corrected chi connectivity index (χ0v) is 11.2. The van der Waals surface area contributed by atoms with E-state index in [1.54, 1.807) is 0 Å². The number of nitrogens with one attached hydrogen (secondary N) is 1. The maximum absolute atomic E-state index is 12.0. The molecule has 1 aliphatic carbocycles. The van der Waals surface area contributed by atoms with Crippen LogP contribution in [0.25, 0.3) is 0 Å². The maximum atomic E-state index is 12.0. The van der Waals surface area contributed by atoms with Gasteiger partial charge in [0.15, 0.2) is 6.61 Å². The van der Waals surface area contributed by atoms with Crippen LogP contribution in [-0.2, 0) is 4.79 Å². The molecule has 4 nitrogen and oxygen atoms in total. The monoisotopic (exact) mass is 303 g/mol. The number of anilines is 1. The summed E-state index contributed by atoms with van der Waals surface area (Å²) in [6.45, 7) is -1.36. The number of rotatable bonds is 4. The van der Waals surface area contributed by atoms with Gasteiger partial charge >= 0.3 is 6.18 Å². The minimum Gasteiger partial charge on any atom is -0.484 e. The van der Waals surface area contributed by atoms with Crippen molar-refractivity contribution in [2.24, 2.45) is 0 Å². The average molecular weight is 303 g/mol. The van der Waals surface area contributed by atoms with E-state index < -0.39 is 24.3 Å². The Morgan fingerprint density at radius 3 is 2.33 bits per heavy atom. The summed E-state index contributed by atoms with van der Waals surface area (Å²) in [5.74, 6) is -0.422. The molecule has 0 atom stereocenters. The van der Waals surface area contributed by atoms with Crippen molar-refractivity contribution in [3.63, 3.8) is 0 Å². The summed E-state index contributed by atoms with van der Waals surface area (Å²) < 4.78 is 40.6. The van der Waals surface area contributed by atoms with Crippen molar-refractivity contribution in [3.8, 4) is 5.75 Å². The summed E-state index contributed by atoms with van der Waals surface area (Å²) >= 11 is 0. The standard InChI is InChI=1S/C14H16F3NO3/c15-14(16,17)9-21-11-5-3-10(4-6-11)18-12(19)13(20)7-1-2-8-13/h3-6,20H,1-2,7-9H2,(H,18,19). The SMILES string of the molecule is O=C(Nc1ccc(OCC(F)(F)F)cc1)C1(O)CCCC1. The van der Waals surface area contributed by atoms with Crippen LogP contribution in [0.2, 0.25) is 0 Å². The molecular weight excluding hydrogens is 287 g/mol. The average Bonchev–Trinajstić information content (AvgIpc) is 2.85. The van der Waals surface area contributed by atoms with E-state index in [0.29, 0.717) is 18.5 Å². The Kier molecular flexibility index (Phi) is 4.41. The molecule has 0 spiro atoms. The van der Waals surface area contributed by atoms with Crippen LogP contribution in [0.4, 0.5) is 18.9 Å². The van der Waals surface area contributed by atoms with Gasteiger partial charge in [-0.15, -0.1) is 0 Å². The van der Waals surface area contributed by atoms with E-state index in [1.807, 2.05) is 0 Å². The molecule has 116 valence electrons. The molecule has 0 radical (unpaired) electrons. The molecule has 0 aliphatic heterocycles. The third kappa shape index (κ3) is 4.35. The smallest absolute Gasteiger partial charge is 0.422 e. The van der Waals surface area contributed by atoms with Crippen molar-refractivity contribution in [3.05, 3.63) is 24.3 Å². The van der Waals surface area contributed by atoms with Crippen LogP contribution in [0.5, 0.6) is 5.75 Å². The van der Waals surface area contributed by atoms with Crippen LogP contribution in [0.3, 0.4) is 0 Å². The molecule has 1 aromatic carbocycles. The lowest BCUT2D eigenvalue weighted by Crippen LogP contribution is -2.40. The van der Waals surface area contributed by atoms with Crippen LogP contribution < -0.4 is 10.1 Å². The van der Waals surface area contributed by atoms with E-state index in [0.717, 1.165) is 12.8 Å². The minimum absolute atomic E-state index is 0.0601. The molecule has 0 saturated heterocycles. The van der Waals surface area contributed by atoms with Crippen molar-refractivity contribution >= 4 is 11.6 Å². The van der Waals surface area contributed by atoms with Crippen LogP contribution >= 0.6 is 0 Å². The highest BCUT2D eigenvalue weighted by molar-refractivity contribution is 5.97. The van der Waals surface area contributed by atoms with Gasteiger partial charge in [-0.25, -0.2) is 0 Å². The number of hydrogen-bond donors (Lipinski definition) is 2. The predicted octanol–water partition coefficient (Wildman–Crippen LogP) is 2.87. The van der Waals surface area contributed by atoms with Crippen LogP contribution in [0, 0.1) is 0 Å². The molecular formula is C14H16F3NO3. The third-order valence-electron chi connectivity index (χ3n) is 3.37. The number of amides is 1. The second kappa shape index (κ2) is 5.93. The lowest BCUT2D eigenvalue weighted by atomic mass is 10.0. The van der Waals surface area contributed by atoms with Crippen molar-refractivity contribution < 1.29 is 27.8 Å². The fourth-order valence-electron chi connectivity index (χ4n) is 2.23. The molecule has 1 saturated carbocycles. The van der Waals surface area contributed by atoms with Crippen LogP contribution in [0.1, 0.15) is 25.7 Å². The Morgan fingerprint density at radius 1 is 1.24 bits per heavy atom. The van der Waals surface area contributed by atoms with E-state index in [4.69, 9.17) is 0 Å². The Morgan fingerprint density at radius 2 is 1.81 bits per heavy atom. The van der Waals surface area contributed by atoms with E-state index in [2.05, 4.69) is 10.1 Å². The first-order chi connectivity index (χ1) is 9.78. The molecule has 21 heavy (non-hydrogen) atoms. The fraction of sp³-hybridized carbons (Fsp3) is 0.500. The Bertz CT molecular complexity index is 493. The quantitative estimate of drug-likeness (QED) is 0.899. The molecule has 2 rings (SSSR count). The highest BCUT2D eigenvalue weighted by Gasteiger charge is 2.38. The number of aliphatic hydroxyl groups is 1. The van der Waals surface area contributed by atoms with Gasteiger partial charge in [-0.05, 0) is 49.9 Å². The van der Waals surface area contributed by atoms with Crippen molar-refractivity contribution in [1.29, 1.82) is 0 Å². The summed E-state index contributed by atoms with van der Waals surface area (Å²) in [6, 6.07) is 5.53. The van der Waals surface area contributed by atoms with Gasteiger partial charge in [0.05, 0.1) is 0 Å². The first kappa shape index (κ1) is 15.6. The minimum atomic E-state index is -4.39. The molecule has 1 aromatic rings. The van der Waals surface area contributed by atoms with Gasteiger partial charge in [0.2, 0.25) is 0 Å². The van der Waals surface area contributed by atoms with Crippen molar-refractivity contribution in [1.82, 2.24) is 0 Å². The molecule has 1 amide bonds. The first-order valence-corrected chi connectivity index (χ1v) is 6.62. The third-order valence-corrected chi connectivity index (χ3v) is 3.37. The van der Waals surface area contributed by atoms with Gasteiger partial charge in [0.25, 0.3) is 5.91 Å². The van der Waals surface area contributed by atoms with Gasteiger partial charge in [0, 0.05) is 5.69 Å². The van der Waals surface area contributed by atoms with E-state index in [9.17, 15) is 23.1 Å². The number of ether oxygens (including phenoxy) is 1. The molecule has 2 N–H and O–H groups in total. The normalized spacial score (nSPS) is 17.5. The second-order valence-electron chi connectivity index (χ2n) is 5.12. The molecule has 0 aromatic heterocycles. The second-order valence-corrected chi connectivity index (χ2v) is 5.12. The van der Waals surface area contributed by atoms with Crippen molar-refractivity contribution in [2.75, 3.05) is 11.9 Å². The van der Waals surface area contributed by atoms with Gasteiger partial charge in [-0.1, -0.05) is 0 Å². The molecule has 1 fully saturated rings. The number of hydrogen-bond acceptors (Lipinski definition) is 3. The molecule has 0 bridgehead atoms. The summed E-state index contributed by atoms with van der Waals surface area (Å²) in [7, 11) is 0. The van der Waals surface area contributed by atoms with E-state index in [-0.39, 0.29) is 5.75 Å². The van der Waals surface area contributed by atoms with E-state index in [1.165, 1.54) is 24.3 Å². The number of carbonyl (C=O) groups excluding carboxylic acids is 1. The lowest BCUT2D eigenvalue weighted by Gasteiger charge is -2.21. The largest absolute Gasteiger partial charge is 0.484 e. The van der Waals surface area contributed by atoms with Gasteiger partial charge in [0.1, 0.15) is 11.4 Å². The lowest BCUT2D eigenvalue weighted by molar-refractivity contribution is -0.153. The number of benzene rings is 1. The van der Waals surface area contributed by atoms with Crippen LogP contribution in [-0.4, -0.2) is 29.4 Å². The number of alkyl halides is 3. The summed E-state index contributed by atoms with van der Waals surface area (Å²) in [5.41, 5.74) is -0.939. The van der Waals surface area contributed by atoms with Crippen LogP contribution in [0.15, 0.2) is 24.3 Å².